The number of carbonyl (C=O) groups excluding carboxylic acids is 1. The van der Waals surface area contributed by atoms with E-state index >= 15 is 0 Å². The molecule has 2 heterocycles. The van der Waals surface area contributed by atoms with Gasteiger partial charge in [0.15, 0.2) is 11.4 Å². The van der Waals surface area contributed by atoms with Crippen molar-refractivity contribution < 1.29 is 19.7 Å². The molecule has 0 unspecified atom stereocenters. The van der Waals surface area contributed by atoms with Crippen LogP contribution in [0.4, 0.5) is 0 Å². The maximum absolute atomic E-state index is 12.9. The van der Waals surface area contributed by atoms with E-state index in [9.17, 15) is 24.6 Å². The van der Waals surface area contributed by atoms with Gasteiger partial charge in [0, 0.05) is 24.1 Å². The second-order valence-corrected chi connectivity index (χ2v) is 7.56. The Morgan fingerprint density at radius 2 is 2.14 bits per heavy atom. The van der Waals surface area contributed by atoms with Gasteiger partial charge in [-0.1, -0.05) is 45.7 Å². The van der Waals surface area contributed by atoms with E-state index in [1.165, 1.54) is 17.3 Å². The Balaban J connectivity index is 1.92. The number of hydrogen-bond acceptors (Lipinski definition) is 6. The maximum atomic E-state index is 12.9. The molecule has 3 atom stereocenters. The van der Waals surface area contributed by atoms with Gasteiger partial charge in [0.1, 0.15) is 12.3 Å². The smallest absolute Gasteiger partial charge is 0.330 e. The second kappa shape index (κ2) is 8.76. The first-order valence-corrected chi connectivity index (χ1v) is 9.97. The van der Waals surface area contributed by atoms with Crippen molar-refractivity contribution in [1.82, 2.24) is 9.55 Å². The number of benzene rings is 1. The summed E-state index contributed by atoms with van der Waals surface area (Å²) in [6.07, 6.45) is -0.0357. The number of carbonyl (C=O) groups is 1. The molecule has 10 heteroatoms. The normalized spacial score (nSPS) is 24.3. The Hall–Kier alpha value is -2.04. The molecule has 3 rings (SSSR count). The van der Waals surface area contributed by atoms with Crippen LogP contribution < -0.4 is 11.2 Å². The molecule has 1 aromatic heterocycles. The van der Waals surface area contributed by atoms with E-state index in [0.717, 1.165) is 4.57 Å². The van der Waals surface area contributed by atoms with E-state index < -0.39 is 41.6 Å². The lowest BCUT2D eigenvalue weighted by Crippen LogP contribution is -2.48. The zero-order valence-electron chi connectivity index (χ0n) is 15.0. The largest absolute Gasteiger partial charge is 0.394 e. The molecule has 0 amide bonds. The van der Waals surface area contributed by atoms with E-state index in [2.05, 4.69) is 20.9 Å². The fourth-order valence-corrected chi connectivity index (χ4v) is 3.76. The topological polar surface area (TPSA) is 122 Å². The number of halogens is 2. The molecule has 29 heavy (non-hydrogen) atoms. The van der Waals surface area contributed by atoms with E-state index in [-0.39, 0.29) is 18.4 Å². The summed E-state index contributed by atoms with van der Waals surface area (Å²) in [7, 11) is 0. The number of aliphatic hydroxyl groups excluding tert-OH is 1. The van der Waals surface area contributed by atoms with Crippen molar-refractivity contribution in [3.05, 3.63) is 72.4 Å². The van der Waals surface area contributed by atoms with Crippen molar-refractivity contribution in [2.75, 3.05) is 6.61 Å². The number of aromatic amines is 1. The van der Waals surface area contributed by atoms with Crippen LogP contribution in [0.5, 0.6) is 0 Å². The van der Waals surface area contributed by atoms with Crippen molar-refractivity contribution in [2.45, 2.75) is 30.8 Å². The zero-order chi connectivity index (χ0) is 21.2. The minimum atomic E-state index is -2.03. The van der Waals surface area contributed by atoms with Crippen LogP contribution in [0.15, 0.2) is 45.0 Å². The first-order valence-electron chi connectivity index (χ1n) is 8.67. The summed E-state index contributed by atoms with van der Waals surface area (Å²) in [5, 5.41) is 21.1. The van der Waals surface area contributed by atoms with E-state index in [4.69, 9.17) is 16.3 Å². The average Bonchev–Trinajstić information content (AvgIpc) is 3.03. The summed E-state index contributed by atoms with van der Waals surface area (Å²) in [5.41, 5.74) is -2.68. The van der Waals surface area contributed by atoms with Crippen molar-refractivity contribution in [3.63, 3.8) is 0 Å². The van der Waals surface area contributed by atoms with Gasteiger partial charge in [-0.2, -0.15) is 0 Å². The van der Waals surface area contributed by atoms with Gasteiger partial charge in [-0.25, -0.2) is 4.79 Å². The lowest BCUT2D eigenvalue weighted by Gasteiger charge is -2.25. The van der Waals surface area contributed by atoms with Crippen molar-refractivity contribution in [3.8, 4) is 0 Å². The number of nitrogens with one attached hydrogen (secondary N) is 1. The number of ketones is 1. The van der Waals surface area contributed by atoms with E-state index in [1.807, 2.05) is 0 Å². The summed E-state index contributed by atoms with van der Waals surface area (Å²) in [5.74, 6) is -0.592. The van der Waals surface area contributed by atoms with Crippen molar-refractivity contribution in [2.24, 2.45) is 0 Å². The number of aliphatic hydroxyl groups is 2. The first-order chi connectivity index (χ1) is 13.8. The van der Waals surface area contributed by atoms with Gasteiger partial charge in [0.05, 0.1) is 12.2 Å². The lowest BCUT2D eigenvalue weighted by molar-refractivity contribution is -0.146. The fraction of sp³-hybridized carbons (Fsp3) is 0.316. The predicted octanol–water partition coefficient (Wildman–Crippen LogP) is 1.38. The summed E-state index contributed by atoms with van der Waals surface area (Å²) < 4.78 is 6.68. The zero-order valence-corrected chi connectivity index (χ0v) is 17.4. The molecule has 1 fully saturated rings. The Labute approximate surface area is 178 Å². The minimum absolute atomic E-state index is 0.166. The second-order valence-electron chi connectivity index (χ2n) is 6.63. The summed E-state index contributed by atoms with van der Waals surface area (Å²) in [6, 6.07) is 6.73. The highest BCUT2D eigenvalue weighted by atomic mass is 79.9. The highest BCUT2D eigenvalue weighted by Gasteiger charge is 2.52. The SMILES string of the molecule is O=C(Cc1ccccc1Cl)[C@]1(O)C[C@H](n2cc(C=CBr)c(=O)[nH]c2=O)O[C@@H]1CO. The van der Waals surface area contributed by atoms with Gasteiger partial charge in [-0.3, -0.25) is 19.1 Å². The predicted molar refractivity (Wildman–Crippen MR) is 110 cm³/mol. The fourth-order valence-electron chi connectivity index (χ4n) is 3.27. The van der Waals surface area contributed by atoms with Gasteiger partial charge in [-0.05, 0) is 22.7 Å². The molecule has 0 bridgehead atoms. The molecular formula is C19H18BrClN2O6. The van der Waals surface area contributed by atoms with Crippen LogP contribution >= 0.6 is 27.5 Å². The number of ether oxygens (including phenoxy) is 1. The number of H-pyrrole nitrogens is 1. The van der Waals surface area contributed by atoms with Crippen LogP contribution in [0.3, 0.4) is 0 Å². The summed E-state index contributed by atoms with van der Waals surface area (Å²) in [6.45, 7) is -0.631. The first kappa shape index (κ1) is 21.7. The molecule has 0 saturated carbocycles. The third-order valence-corrected chi connectivity index (χ3v) is 5.48. The number of hydrogen-bond donors (Lipinski definition) is 3. The molecule has 0 spiro atoms. The molecule has 1 saturated heterocycles. The molecule has 154 valence electrons. The molecule has 1 aliphatic rings. The number of nitrogens with zero attached hydrogens (tertiary/aromatic N) is 1. The van der Waals surface area contributed by atoms with Crippen molar-refractivity contribution >= 4 is 39.4 Å². The van der Waals surface area contributed by atoms with Gasteiger partial charge < -0.3 is 14.9 Å². The minimum Gasteiger partial charge on any atom is -0.394 e. The highest BCUT2D eigenvalue weighted by Crippen LogP contribution is 2.37. The van der Waals surface area contributed by atoms with Crippen molar-refractivity contribution in [1.29, 1.82) is 0 Å². The molecule has 8 nitrogen and oxygen atoms in total. The number of aromatic nitrogens is 2. The van der Waals surface area contributed by atoms with Gasteiger partial charge in [0.25, 0.3) is 5.56 Å². The Bertz CT molecular complexity index is 1070. The van der Waals surface area contributed by atoms with Crippen LogP contribution in [-0.2, 0) is 16.0 Å². The summed E-state index contributed by atoms with van der Waals surface area (Å²) in [4.78, 5) is 40.6. The van der Waals surface area contributed by atoms with Gasteiger partial charge in [-0.15, -0.1) is 0 Å². The van der Waals surface area contributed by atoms with Crippen LogP contribution in [-0.4, -0.2) is 43.9 Å². The summed E-state index contributed by atoms with van der Waals surface area (Å²) >= 11 is 9.16. The van der Waals surface area contributed by atoms with Gasteiger partial charge >= 0.3 is 5.69 Å². The Morgan fingerprint density at radius 3 is 2.79 bits per heavy atom. The molecule has 0 radical (unpaired) electrons. The Kier molecular flexibility index (Phi) is 6.55. The Morgan fingerprint density at radius 1 is 1.41 bits per heavy atom. The van der Waals surface area contributed by atoms with Crippen LogP contribution in [0, 0.1) is 0 Å². The molecule has 1 aromatic carbocycles. The van der Waals surface area contributed by atoms with Crippen LogP contribution in [0.2, 0.25) is 5.02 Å². The lowest BCUT2D eigenvalue weighted by atomic mass is 9.87. The van der Waals surface area contributed by atoms with E-state index in [1.54, 1.807) is 24.3 Å². The van der Waals surface area contributed by atoms with Crippen LogP contribution in [0.1, 0.15) is 23.8 Å². The molecule has 0 aliphatic carbocycles. The third-order valence-electron chi connectivity index (χ3n) is 4.85. The molecular weight excluding hydrogens is 468 g/mol. The average molecular weight is 486 g/mol. The molecule has 3 N–H and O–H groups in total. The number of rotatable bonds is 6. The monoisotopic (exact) mass is 484 g/mol. The van der Waals surface area contributed by atoms with Gasteiger partial charge in [0.2, 0.25) is 0 Å². The number of Topliss-reactive ketones (excluding diaryl/α,β-unsaturated/α-hetero) is 1. The van der Waals surface area contributed by atoms with Crippen LogP contribution in [0.25, 0.3) is 6.08 Å². The van der Waals surface area contributed by atoms with E-state index in [0.29, 0.717) is 10.6 Å². The highest BCUT2D eigenvalue weighted by molar-refractivity contribution is 9.11. The molecule has 2 aromatic rings. The maximum Gasteiger partial charge on any atom is 0.330 e. The third kappa shape index (κ3) is 4.29. The standard InChI is InChI=1S/C19H18BrClN2O6/c20-6-5-12-9-23(18(27)22-17(12)26)16-8-19(28,15(10-24)29-16)14(25)7-11-3-1-2-4-13(11)21/h1-6,9,15-16,24,28H,7-8,10H2,(H,22,26,27)/t15-,16-,19-/m1/s1. The quantitative estimate of drug-likeness (QED) is 0.568. The molecule has 1 aliphatic heterocycles.